The average Bonchev–Trinajstić information content (AvgIpc) is 2.43. The number of benzene rings is 2. The minimum absolute atomic E-state index is 0.00749. The van der Waals surface area contributed by atoms with Crippen molar-refractivity contribution in [1.29, 1.82) is 0 Å². The molecule has 0 aliphatic heterocycles. The molecule has 2 rings (SSSR count). The molecule has 0 aromatic heterocycles. The molecule has 0 fully saturated rings. The van der Waals surface area contributed by atoms with Gasteiger partial charge in [0.1, 0.15) is 11.6 Å². The third-order valence-corrected chi connectivity index (χ3v) is 3.47. The predicted molar refractivity (Wildman–Crippen MR) is 78.2 cm³/mol. The molecule has 0 bridgehead atoms. The van der Waals surface area contributed by atoms with Crippen molar-refractivity contribution in [3.8, 4) is 0 Å². The maximum absolute atomic E-state index is 14.0. The number of rotatable bonds is 4. The minimum Gasteiger partial charge on any atom is -0.376 e. The van der Waals surface area contributed by atoms with Crippen LogP contribution in [-0.4, -0.2) is 6.54 Å². The number of nitrogens with one attached hydrogen (secondary N) is 1. The second kappa shape index (κ2) is 6.39. The van der Waals surface area contributed by atoms with Crippen molar-refractivity contribution in [2.45, 2.75) is 6.04 Å². The summed E-state index contributed by atoms with van der Waals surface area (Å²) < 4.78 is 27.2. The summed E-state index contributed by atoms with van der Waals surface area (Å²) in [6.45, 7) is 0.101. The maximum atomic E-state index is 14.0. The molecular formula is C14H12Cl2F2N2. The molecule has 6 heteroatoms. The molecule has 1 unspecified atom stereocenters. The molecule has 0 heterocycles. The van der Waals surface area contributed by atoms with Crippen molar-refractivity contribution in [1.82, 2.24) is 0 Å². The SMILES string of the molecule is NCC(Nc1cc(F)ccc1Cl)c1cccc(Cl)c1F. The van der Waals surface area contributed by atoms with Crippen LogP contribution in [0.25, 0.3) is 0 Å². The Morgan fingerprint density at radius 2 is 1.85 bits per heavy atom. The smallest absolute Gasteiger partial charge is 0.147 e. The van der Waals surface area contributed by atoms with Gasteiger partial charge in [0.2, 0.25) is 0 Å². The predicted octanol–water partition coefficient (Wildman–Crippen LogP) is 4.38. The van der Waals surface area contributed by atoms with Gasteiger partial charge in [0.25, 0.3) is 0 Å². The molecule has 0 saturated carbocycles. The summed E-state index contributed by atoms with van der Waals surface area (Å²) in [7, 11) is 0. The molecule has 0 amide bonds. The summed E-state index contributed by atoms with van der Waals surface area (Å²) in [5, 5.41) is 3.26. The lowest BCUT2D eigenvalue weighted by Crippen LogP contribution is -2.22. The lowest BCUT2D eigenvalue weighted by molar-refractivity contribution is 0.593. The van der Waals surface area contributed by atoms with Crippen molar-refractivity contribution in [2.75, 3.05) is 11.9 Å². The van der Waals surface area contributed by atoms with Crippen LogP contribution >= 0.6 is 23.2 Å². The van der Waals surface area contributed by atoms with E-state index in [2.05, 4.69) is 5.32 Å². The fraction of sp³-hybridized carbons (Fsp3) is 0.143. The summed E-state index contributed by atoms with van der Waals surface area (Å²) in [6.07, 6.45) is 0. The summed E-state index contributed by atoms with van der Waals surface area (Å²) in [5.41, 5.74) is 6.31. The first-order valence-electron chi connectivity index (χ1n) is 5.88. The van der Waals surface area contributed by atoms with Crippen molar-refractivity contribution >= 4 is 28.9 Å². The van der Waals surface area contributed by atoms with Crippen LogP contribution in [0.15, 0.2) is 36.4 Å². The van der Waals surface area contributed by atoms with E-state index in [9.17, 15) is 8.78 Å². The van der Waals surface area contributed by atoms with Gasteiger partial charge >= 0.3 is 0 Å². The Balaban J connectivity index is 2.34. The molecule has 0 aliphatic rings. The van der Waals surface area contributed by atoms with Gasteiger partial charge in [-0.25, -0.2) is 8.78 Å². The van der Waals surface area contributed by atoms with E-state index in [1.54, 1.807) is 12.1 Å². The van der Waals surface area contributed by atoms with Gasteiger partial charge in [0.05, 0.1) is 21.8 Å². The molecule has 0 radical (unpaired) electrons. The molecule has 20 heavy (non-hydrogen) atoms. The second-order valence-electron chi connectivity index (χ2n) is 4.20. The van der Waals surface area contributed by atoms with Crippen molar-refractivity contribution in [3.05, 3.63) is 63.6 Å². The van der Waals surface area contributed by atoms with Gasteiger partial charge in [-0.15, -0.1) is 0 Å². The fourth-order valence-electron chi connectivity index (χ4n) is 1.85. The Morgan fingerprint density at radius 1 is 1.10 bits per heavy atom. The third-order valence-electron chi connectivity index (χ3n) is 2.85. The molecular weight excluding hydrogens is 305 g/mol. The second-order valence-corrected chi connectivity index (χ2v) is 5.01. The van der Waals surface area contributed by atoms with Crippen molar-refractivity contribution in [2.24, 2.45) is 5.73 Å². The van der Waals surface area contributed by atoms with Gasteiger partial charge in [0, 0.05) is 12.1 Å². The quantitative estimate of drug-likeness (QED) is 0.878. The lowest BCUT2D eigenvalue weighted by Gasteiger charge is -2.20. The Morgan fingerprint density at radius 3 is 2.55 bits per heavy atom. The van der Waals surface area contributed by atoms with Gasteiger partial charge < -0.3 is 11.1 Å². The fourth-order valence-corrected chi connectivity index (χ4v) is 2.20. The highest BCUT2D eigenvalue weighted by atomic mass is 35.5. The van der Waals surface area contributed by atoms with Gasteiger partial charge in [-0.2, -0.15) is 0 Å². The Kier molecular flexibility index (Phi) is 4.81. The molecule has 0 saturated heterocycles. The molecule has 2 nitrogen and oxygen atoms in total. The molecule has 3 N–H and O–H groups in total. The van der Waals surface area contributed by atoms with Crippen LogP contribution in [0.1, 0.15) is 11.6 Å². The summed E-state index contributed by atoms with van der Waals surface area (Å²) >= 11 is 11.7. The van der Waals surface area contributed by atoms with Gasteiger partial charge in [-0.1, -0.05) is 35.3 Å². The molecule has 2 aromatic rings. The van der Waals surface area contributed by atoms with Crippen LogP contribution in [0.2, 0.25) is 10.0 Å². The van der Waals surface area contributed by atoms with Crippen LogP contribution in [0.3, 0.4) is 0 Å². The topological polar surface area (TPSA) is 38.0 Å². The zero-order valence-corrected chi connectivity index (χ0v) is 11.8. The Bertz CT molecular complexity index is 620. The first kappa shape index (κ1) is 15.0. The van der Waals surface area contributed by atoms with E-state index in [1.165, 1.54) is 24.3 Å². The van der Waals surface area contributed by atoms with Crippen LogP contribution in [0, 0.1) is 11.6 Å². The largest absolute Gasteiger partial charge is 0.376 e. The van der Waals surface area contributed by atoms with Gasteiger partial charge in [0.15, 0.2) is 0 Å². The first-order chi connectivity index (χ1) is 9.52. The zero-order valence-electron chi connectivity index (χ0n) is 10.3. The molecule has 0 spiro atoms. The lowest BCUT2D eigenvalue weighted by atomic mass is 10.1. The minimum atomic E-state index is -0.562. The van der Waals surface area contributed by atoms with Crippen LogP contribution in [0.5, 0.6) is 0 Å². The molecule has 1 atom stereocenters. The molecule has 106 valence electrons. The maximum Gasteiger partial charge on any atom is 0.147 e. The molecule has 2 aromatic carbocycles. The highest BCUT2D eigenvalue weighted by molar-refractivity contribution is 6.33. The highest BCUT2D eigenvalue weighted by Gasteiger charge is 2.17. The van der Waals surface area contributed by atoms with E-state index in [0.717, 1.165) is 0 Å². The normalized spacial score (nSPS) is 12.2. The monoisotopic (exact) mass is 316 g/mol. The van der Waals surface area contributed by atoms with E-state index < -0.39 is 17.7 Å². The standard InChI is InChI=1S/C14H12Cl2F2N2/c15-10-5-4-8(17)6-12(10)20-13(7-19)9-2-1-3-11(16)14(9)18/h1-6,13,20H,7,19H2. The van der Waals surface area contributed by atoms with E-state index in [4.69, 9.17) is 28.9 Å². The van der Waals surface area contributed by atoms with Crippen LogP contribution in [0.4, 0.5) is 14.5 Å². The van der Waals surface area contributed by atoms with Crippen molar-refractivity contribution < 1.29 is 8.78 Å². The van der Waals surface area contributed by atoms with Gasteiger partial charge in [-0.05, 0) is 24.3 Å². The Hall–Kier alpha value is -1.36. The average molecular weight is 317 g/mol. The summed E-state index contributed by atoms with van der Waals surface area (Å²) in [4.78, 5) is 0. The van der Waals surface area contributed by atoms with E-state index in [-0.39, 0.29) is 11.6 Å². The zero-order chi connectivity index (χ0) is 14.7. The summed E-state index contributed by atoms with van der Waals surface area (Å²) in [5.74, 6) is -0.996. The van der Waals surface area contributed by atoms with Crippen LogP contribution < -0.4 is 11.1 Å². The van der Waals surface area contributed by atoms with Gasteiger partial charge in [-0.3, -0.25) is 0 Å². The number of nitrogens with two attached hydrogens (primary N) is 1. The third kappa shape index (κ3) is 3.20. The van der Waals surface area contributed by atoms with E-state index in [0.29, 0.717) is 16.3 Å². The number of hydrogen-bond donors (Lipinski definition) is 2. The number of hydrogen-bond acceptors (Lipinski definition) is 2. The molecule has 0 aliphatic carbocycles. The Labute approximate surface area is 125 Å². The highest BCUT2D eigenvalue weighted by Crippen LogP contribution is 2.29. The number of anilines is 1. The van der Waals surface area contributed by atoms with Crippen LogP contribution in [-0.2, 0) is 0 Å². The number of halogens is 4. The van der Waals surface area contributed by atoms with E-state index >= 15 is 0 Å². The van der Waals surface area contributed by atoms with E-state index in [1.807, 2.05) is 0 Å². The first-order valence-corrected chi connectivity index (χ1v) is 6.64. The summed E-state index contributed by atoms with van der Waals surface area (Å²) in [6, 6.07) is 7.97. The van der Waals surface area contributed by atoms with Crippen molar-refractivity contribution in [3.63, 3.8) is 0 Å².